The van der Waals surface area contributed by atoms with Crippen molar-refractivity contribution in [2.75, 3.05) is 21.0 Å². The topological polar surface area (TPSA) is 89.9 Å². The van der Waals surface area contributed by atoms with Crippen LogP contribution in [0.2, 0.25) is 0 Å². The van der Waals surface area contributed by atoms with Gasteiger partial charge in [0.25, 0.3) is 5.56 Å². The van der Waals surface area contributed by atoms with Crippen molar-refractivity contribution in [1.82, 2.24) is 19.9 Å². The van der Waals surface area contributed by atoms with Gasteiger partial charge in [0.15, 0.2) is 17.2 Å². The minimum atomic E-state index is -4.86. The molecule has 0 spiro atoms. The Kier molecular flexibility index (Phi) is 7.88. The number of halogens is 6. The average molecular weight is 556 g/mol. The van der Waals surface area contributed by atoms with Gasteiger partial charge in [-0.1, -0.05) is 18.2 Å². The summed E-state index contributed by atoms with van der Waals surface area (Å²) in [4.78, 5) is 15.5. The first-order valence-electron chi connectivity index (χ1n) is 11.3. The van der Waals surface area contributed by atoms with Gasteiger partial charge in [-0.2, -0.15) is 36.0 Å². The van der Waals surface area contributed by atoms with E-state index in [1.165, 1.54) is 44.6 Å². The number of fused-ring (bicyclic) bond motifs is 1. The van der Waals surface area contributed by atoms with Crippen molar-refractivity contribution >= 4 is 5.65 Å². The molecule has 0 fully saturated rings. The van der Waals surface area contributed by atoms with Gasteiger partial charge in [0.1, 0.15) is 5.65 Å². The van der Waals surface area contributed by atoms with Gasteiger partial charge in [-0.3, -0.25) is 10.1 Å². The number of nitrogens with zero attached hydrogens (tertiary/aromatic N) is 2. The van der Waals surface area contributed by atoms with Crippen LogP contribution in [0, 0.1) is 0 Å². The molecule has 4 aromatic rings. The van der Waals surface area contributed by atoms with Crippen LogP contribution in [-0.2, 0) is 30.2 Å². The predicted molar refractivity (Wildman–Crippen MR) is 127 cm³/mol. The summed E-state index contributed by atoms with van der Waals surface area (Å²) < 4.78 is 96.1. The summed E-state index contributed by atoms with van der Waals surface area (Å²) in [5.74, 6) is 0.494. The Bertz CT molecular complexity index is 1510. The van der Waals surface area contributed by atoms with E-state index in [2.05, 4.69) is 15.4 Å². The van der Waals surface area contributed by atoms with Crippen LogP contribution in [0.5, 0.6) is 11.5 Å². The molecule has 2 aromatic heterocycles. The number of hydrogen-bond donors (Lipinski definition) is 2. The molecule has 0 aliphatic heterocycles. The third-order valence-electron chi connectivity index (χ3n) is 5.68. The number of aromatic nitrogens is 3. The molecule has 0 atom stereocenters. The first-order chi connectivity index (χ1) is 18.4. The molecule has 39 heavy (non-hydrogen) atoms. The standard InChI is InChI=1S/C25H22F6N4O4/c1-37-18-8-5-15(9-19(18)38-2)21-22(25(29,30)31)34-35-20(36)10-17(33-23(21)35)11-32-13-39-12-14-3-6-16(7-4-14)24(26,27)28/h3-10,32-33H,11-13H2,1-2H3. The number of alkyl halides is 6. The first-order valence-corrected chi connectivity index (χ1v) is 11.3. The van der Waals surface area contributed by atoms with E-state index < -0.39 is 29.2 Å². The number of hydrogen-bond acceptors (Lipinski definition) is 6. The van der Waals surface area contributed by atoms with Crippen LogP contribution < -0.4 is 20.3 Å². The Morgan fingerprint density at radius 1 is 0.923 bits per heavy atom. The van der Waals surface area contributed by atoms with Crippen LogP contribution in [0.4, 0.5) is 26.3 Å². The molecule has 0 unspecified atom stereocenters. The zero-order valence-corrected chi connectivity index (χ0v) is 20.5. The van der Waals surface area contributed by atoms with Crippen LogP contribution in [0.1, 0.15) is 22.5 Å². The molecular formula is C25H22F6N4O4. The number of benzene rings is 2. The van der Waals surface area contributed by atoms with Gasteiger partial charge in [0.2, 0.25) is 0 Å². The maximum Gasteiger partial charge on any atom is 0.435 e. The second-order valence-corrected chi connectivity index (χ2v) is 8.30. The fraction of sp³-hybridized carbons (Fsp3) is 0.280. The summed E-state index contributed by atoms with van der Waals surface area (Å²) in [6.45, 7) is -0.0256. The molecular weight excluding hydrogens is 534 g/mol. The Morgan fingerprint density at radius 2 is 1.62 bits per heavy atom. The number of rotatable bonds is 9. The fourth-order valence-electron chi connectivity index (χ4n) is 3.87. The van der Waals surface area contributed by atoms with Crippen molar-refractivity contribution in [2.24, 2.45) is 0 Å². The van der Waals surface area contributed by atoms with E-state index in [1.54, 1.807) is 0 Å². The molecule has 4 rings (SSSR count). The van der Waals surface area contributed by atoms with Crippen molar-refractivity contribution in [3.8, 4) is 22.6 Å². The molecule has 2 aromatic carbocycles. The molecule has 0 aliphatic carbocycles. The van der Waals surface area contributed by atoms with Crippen LogP contribution in [0.15, 0.2) is 53.3 Å². The lowest BCUT2D eigenvalue weighted by Gasteiger charge is -2.11. The van der Waals surface area contributed by atoms with Crippen LogP contribution in [0.3, 0.4) is 0 Å². The molecule has 0 amide bonds. The van der Waals surface area contributed by atoms with E-state index in [-0.39, 0.29) is 48.1 Å². The van der Waals surface area contributed by atoms with Gasteiger partial charge >= 0.3 is 12.4 Å². The zero-order valence-electron chi connectivity index (χ0n) is 20.5. The second-order valence-electron chi connectivity index (χ2n) is 8.30. The first kappa shape index (κ1) is 28.0. The maximum absolute atomic E-state index is 13.9. The molecule has 0 saturated carbocycles. The van der Waals surface area contributed by atoms with Gasteiger partial charge < -0.3 is 19.2 Å². The summed E-state index contributed by atoms with van der Waals surface area (Å²) in [6, 6.07) is 9.77. The summed E-state index contributed by atoms with van der Waals surface area (Å²) in [5.41, 5.74) is -2.48. The SMILES string of the molecule is COc1ccc(-c2c(C(F)(F)F)nn3c(=O)cc(CNCOCc4ccc(C(F)(F)F)cc4)[nH]c23)cc1OC. The van der Waals surface area contributed by atoms with Crippen LogP contribution in [0.25, 0.3) is 16.8 Å². The van der Waals surface area contributed by atoms with Crippen molar-refractivity contribution in [1.29, 1.82) is 0 Å². The molecule has 208 valence electrons. The maximum atomic E-state index is 13.9. The van der Waals surface area contributed by atoms with Crippen molar-refractivity contribution in [3.05, 3.63) is 81.4 Å². The lowest BCUT2D eigenvalue weighted by atomic mass is 10.0. The average Bonchev–Trinajstić information content (AvgIpc) is 3.28. The summed E-state index contributed by atoms with van der Waals surface area (Å²) >= 11 is 0. The molecule has 2 heterocycles. The van der Waals surface area contributed by atoms with Gasteiger partial charge in [-0.15, -0.1) is 0 Å². The lowest BCUT2D eigenvalue weighted by Crippen LogP contribution is -2.22. The number of aromatic amines is 1. The molecule has 0 aliphatic rings. The molecule has 14 heteroatoms. The highest BCUT2D eigenvalue weighted by molar-refractivity contribution is 5.81. The summed E-state index contributed by atoms with van der Waals surface area (Å²) in [5, 5.41) is 6.39. The molecule has 0 radical (unpaired) electrons. The molecule has 2 N–H and O–H groups in total. The van der Waals surface area contributed by atoms with Gasteiger partial charge in [-0.05, 0) is 35.4 Å². The van der Waals surface area contributed by atoms with Crippen LogP contribution in [-0.4, -0.2) is 35.5 Å². The predicted octanol–water partition coefficient (Wildman–Crippen LogP) is 5.01. The highest BCUT2D eigenvalue weighted by atomic mass is 19.4. The molecule has 0 saturated heterocycles. The van der Waals surface area contributed by atoms with E-state index in [1.807, 2.05) is 0 Å². The van der Waals surface area contributed by atoms with Gasteiger partial charge in [0, 0.05) is 18.3 Å². The van der Waals surface area contributed by atoms with Crippen molar-refractivity contribution in [2.45, 2.75) is 25.5 Å². The van der Waals surface area contributed by atoms with Crippen molar-refractivity contribution < 1.29 is 40.6 Å². The smallest absolute Gasteiger partial charge is 0.435 e. The van der Waals surface area contributed by atoms with Crippen LogP contribution >= 0.6 is 0 Å². The van der Waals surface area contributed by atoms with E-state index >= 15 is 0 Å². The zero-order chi connectivity index (χ0) is 28.4. The van der Waals surface area contributed by atoms with E-state index in [9.17, 15) is 31.1 Å². The van der Waals surface area contributed by atoms with Gasteiger partial charge in [-0.25, -0.2) is 0 Å². The quantitative estimate of drug-likeness (QED) is 0.171. The highest BCUT2D eigenvalue weighted by Crippen LogP contribution is 2.40. The Balaban J connectivity index is 1.54. The van der Waals surface area contributed by atoms with Gasteiger partial charge in [0.05, 0.1) is 38.7 Å². The molecule has 0 bridgehead atoms. The minimum absolute atomic E-state index is 0.0106. The number of methoxy groups -OCH3 is 2. The van der Waals surface area contributed by atoms with E-state index in [0.717, 1.165) is 18.2 Å². The van der Waals surface area contributed by atoms with Crippen molar-refractivity contribution in [3.63, 3.8) is 0 Å². The summed E-state index contributed by atoms with van der Waals surface area (Å²) in [7, 11) is 2.73. The minimum Gasteiger partial charge on any atom is -0.493 e. The Hall–Kier alpha value is -4.04. The number of nitrogens with one attached hydrogen (secondary N) is 2. The largest absolute Gasteiger partial charge is 0.493 e. The second kappa shape index (κ2) is 11.0. The lowest BCUT2D eigenvalue weighted by molar-refractivity contribution is -0.141. The number of H-pyrrole nitrogens is 1. The number of ether oxygens (including phenoxy) is 3. The highest BCUT2D eigenvalue weighted by Gasteiger charge is 2.39. The Labute approximate surface area is 217 Å². The van der Waals surface area contributed by atoms with E-state index in [4.69, 9.17) is 14.2 Å². The third-order valence-corrected chi connectivity index (χ3v) is 5.68. The Morgan fingerprint density at radius 3 is 2.23 bits per heavy atom. The fourth-order valence-corrected chi connectivity index (χ4v) is 3.87. The normalized spacial score (nSPS) is 12.2. The third kappa shape index (κ3) is 6.17. The molecule has 8 nitrogen and oxygen atoms in total. The summed E-state index contributed by atoms with van der Waals surface area (Å²) in [6.07, 6.45) is -9.30. The monoisotopic (exact) mass is 556 g/mol. The van der Waals surface area contributed by atoms with E-state index in [0.29, 0.717) is 15.8 Å².